The molecular formula is C18H19N3O. The van der Waals surface area contributed by atoms with E-state index in [2.05, 4.69) is 11.4 Å². The Morgan fingerprint density at radius 1 is 1.09 bits per heavy atom. The number of rotatable bonds is 4. The molecule has 0 heterocycles. The zero-order valence-corrected chi connectivity index (χ0v) is 13.0. The molecule has 0 aromatic heterocycles. The van der Waals surface area contributed by atoms with Crippen LogP contribution in [0.2, 0.25) is 0 Å². The van der Waals surface area contributed by atoms with Gasteiger partial charge in [0.2, 0.25) is 0 Å². The van der Waals surface area contributed by atoms with Crippen molar-refractivity contribution in [1.29, 1.82) is 5.26 Å². The first-order valence-corrected chi connectivity index (χ1v) is 7.09. The molecule has 4 nitrogen and oxygen atoms in total. The van der Waals surface area contributed by atoms with Crippen molar-refractivity contribution in [3.8, 4) is 6.07 Å². The normalized spacial score (nSPS) is 11.4. The van der Waals surface area contributed by atoms with Gasteiger partial charge in [-0.25, -0.2) is 0 Å². The lowest BCUT2D eigenvalue weighted by Crippen LogP contribution is -2.26. The van der Waals surface area contributed by atoms with E-state index in [1.165, 1.54) is 0 Å². The van der Waals surface area contributed by atoms with Crippen LogP contribution in [0, 0.1) is 11.3 Å². The zero-order valence-electron chi connectivity index (χ0n) is 13.0. The number of hydrogen-bond acceptors (Lipinski definition) is 3. The molecule has 0 saturated heterocycles. The van der Waals surface area contributed by atoms with Gasteiger partial charge in [0.1, 0.15) is 0 Å². The average Bonchev–Trinajstić information content (AvgIpc) is 2.54. The van der Waals surface area contributed by atoms with Gasteiger partial charge in [-0.2, -0.15) is 5.26 Å². The minimum absolute atomic E-state index is 0.109. The number of nitrogens with one attached hydrogen (secondary N) is 1. The molecule has 2 rings (SSSR count). The second-order valence-electron chi connectivity index (χ2n) is 5.37. The van der Waals surface area contributed by atoms with Crippen molar-refractivity contribution in [2.45, 2.75) is 13.0 Å². The molecule has 1 amide bonds. The van der Waals surface area contributed by atoms with Gasteiger partial charge in [-0.15, -0.1) is 0 Å². The molecule has 1 unspecified atom stereocenters. The highest BCUT2D eigenvalue weighted by Gasteiger charge is 2.11. The molecule has 0 fully saturated rings. The van der Waals surface area contributed by atoms with Crippen molar-refractivity contribution < 1.29 is 4.79 Å². The summed E-state index contributed by atoms with van der Waals surface area (Å²) in [7, 11) is 3.92. The van der Waals surface area contributed by atoms with Gasteiger partial charge in [0.25, 0.3) is 5.91 Å². The Kier molecular flexibility index (Phi) is 4.80. The van der Waals surface area contributed by atoms with Crippen LogP contribution in [0.4, 0.5) is 5.69 Å². The first-order chi connectivity index (χ1) is 10.5. The van der Waals surface area contributed by atoms with Crippen LogP contribution in [-0.4, -0.2) is 20.0 Å². The number of carbonyl (C=O) groups excluding carboxylic acids is 1. The summed E-state index contributed by atoms with van der Waals surface area (Å²) >= 11 is 0. The van der Waals surface area contributed by atoms with Crippen molar-refractivity contribution in [1.82, 2.24) is 5.32 Å². The fraction of sp³-hybridized carbons (Fsp3) is 0.222. The minimum atomic E-state index is -0.117. The number of nitrogens with zero attached hydrogens (tertiary/aromatic N) is 2. The smallest absolute Gasteiger partial charge is 0.251 e. The van der Waals surface area contributed by atoms with Gasteiger partial charge in [-0.3, -0.25) is 4.79 Å². The summed E-state index contributed by atoms with van der Waals surface area (Å²) in [5, 5.41) is 11.8. The predicted molar refractivity (Wildman–Crippen MR) is 87.8 cm³/mol. The third-order valence-electron chi connectivity index (χ3n) is 3.53. The van der Waals surface area contributed by atoms with E-state index in [-0.39, 0.29) is 11.9 Å². The monoisotopic (exact) mass is 293 g/mol. The van der Waals surface area contributed by atoms with Gasteiger partial charge in [-0.1, -0.05) is 12.1 Å². The van der Waals surface area contributed by atoms with Crippen LogP contribution in [0.15, 0.2) is 48.5 Å². The molecule has 4 heteroatoms. The van der Waals surface area contributed by atoms with Gasteiger partial charge in [0, 0.05) is 25.3 Å². The van der Waals surface area contributed by atoms with Gasteiger partial charge >= 0.3 is 0 Å². The van der Waals surface area contributed by atoms with Crippen LogP contribution in [-0.2, 0) is 0 Å². The van der Waals surface area contributed by atoms with E-state index in [0.717, 1.165) is 11.3 Å². The summed E-state index contributed by atoms with van der Waals surface area (Å²) in [5.74, 6) is -0.109. The topological polar surface area (TPSA) is 56.1 Å². The van der Waals surface area contributed by atoms with Crippen LogP contribution in [0.25, 0.3) is 0 Å². The van der Waals surface area contributed by atoms with E-state index in [4.69, 9.17) is 5.26 Å². The van der Waals surface area contributed by atoms with Gasteiger partial charge < -0.3 is 10.2 Å². The highest BCUT2D eigenvalue weighted by Crippen LogP contribution is 2.16. The maximum Gasteiger partial charge on any atom is 0.251 e. The van der Waals surface area contributed by atoms with Crippen LogP contribution in [0.5, 0.6) is 0 Å². The quantitative estimate of drug-likeness (QED) is 0.942. The predicted octanol–water partition coefficient (Wildman–Crippen LogP) is 3.12. The van der Waals surface area contributed by atoms with E-state index in [1.54, 1.807) is 12.1 Å². The standard InChI is InChI=1S/C18H19N3O/c1-13(15-6-4-14(12-19)5-7-15)20-18(22)16-8-10-17(11-9-16)21(2)3/h4-11,13H,1-3H3,(H,20,22). The maximum absolute atomic E-state index is 12.3. The Labute approximate surface area is 131 Å². The number of nitriles is 1. The van der Waals surface area contributed by atoms with Crippen LogP contribution >= 0.6 is 0 Å². The molecule has 0 aliphatic heterocycles. The minimum Gasteiger partial charge on any atom is -0.378 e. The van der Waals surface area contributed by atoms with Crippen molar-refractivity contribution in [3.63, 3.8) is 0 Å². The fourth-order valence-electron chi connectivity index (χ4n) is 2.12. The van der Waals surface area contributed by atoms with E-state index in [1.807, 2.05) is 62.3 Å². The average molecular weight is 293 g/mol. The van der Waals surface area contributed by atoms with Crippen molar-refractivity contribution in [2.24, 2.45) is 0 Å². The third kappa shape index (κ3) is 3.64. The highest BCUT2D eigenvalue weighted by atomic mass is 16.1. The van der Waals surface area contributed by atoms with Crippen LogP contribution < -0.4 is 10.2 Å². The molecule has 2 aromatic carbocycles. The first kappa shape index (κ1) is 15.6. The zero-order chi connectivity index (χ0) is 16.1. The lowest BCUT2D eigenvalue weighted by Gasteiger charge is -2.16. The van der Waals surface area contributed by atoms with Crippen LogP contribution in [0.1, 0.15) is 34.5 Å². The van der Waals surface area contributed by atoms with Crippen molar-refractivity contribution in [3.05, 3.63) is 65.2 Å². The molecule has 22 heavy (non-hydrogen) atoms. The summed E-state index contributed by atoms with van der Waals surface area (Å²) in [6.45, 7) is 1.92. The summed E-state index contributed by atoms with van der Waals surface area (Å²) in [6.07, 6.45) is 0. The second-order valence-corrected chi connectivity index (χ2v) is 5.37. The Balaban J connectivity index is 2.05. The Hall–Kier alpha value is -2.80. The van der Waals surface area contributed by atoms with Crippen molar-refractivity contribution >= 4 is 11.6 Å². The molecule has 0 saturated carbocycles. The van der Waals surface area contributed by atoms with E-state index in [9.17, 15) is 4.79 Å². The number of hydrogen-bond donors (Lipinski definition) is 1. The van der Waals surface area contributed by atoms with Gasteiger partial charge in [0.05, 0.1) is 17.7 Å². The molecule has 2 aromatic rings. The lowest BCUT2D eigenvalue weighted by molar-refractivity contribution is 0.0940. The largest absolute Gasteiger partial charge is 0.378 e. The lowest BCUT2D eigenvalue weighted by atomic mass is 10.1. The number of carbonyl (C=O) groups is 1. The molecule has 0 bridgehead atoms. The van der Waals surface area contributed by atoms with E-state index < -0.39 is 0 Å². The summed E-state index contributed by atoms with van der Waals surface area (Å²) in [5.41, 5.74) is 3.27. The number of amides is 1. The summed E-state index contributed by atoms with van der Waals surface area (Å²) in [6, 6.07) is 16.7. The SMILES string of the molecule is CC(NC(=O)c1ccc(N(C)C)cc1)c1ccc(C#N)cc1. The van der Waals surface area contributed by atoms with Crippen LogP contribution in [0.3, 0.4) is 0 Å². The van der Waals surface area contributed by atoms with Gasteiger partial charge in [0.15, 0.2) is 0 Å². The molecule has 112 valence electrons. The second kappa shape index (κ2) is 6.77. The Bertz CT molecular complexity index is 682. The molecular weight excluding hydrogens is 274 g/mol. The van der Waals surface area contributed by atoms with E-state index in [0.29, 0.717) is 11.1 Å². The van der Waals surface area contributed by atoms with E-state index >= 15 is 0 Å². The van der Waals surface area contributed by atoms with Gasteiger partial charge in [-0.05, 0) is 48.9 Å². The summed E-state index contributed by atoms with van der Waals surface area (Å²) in [4.78, 5) is 14.2. The maximum atomic E-state index is 12.3. The summed E-state index contributed by atoms with van der Waals surface area (Å²) < 4.78 is 0. The molecule has 0 radical (unpaired) electrons. The molecule has 1 N–H and O–H groups in total. The number of benzene rings is 2. The Morgan fingerprint density at radius 2 is 1.68 bits per heavy atom. The third-order valence-corrected chi connectivity index (χ3v) is 3.53. The molecule has 0 aliphatic carbocycles. The first-order valence-electron chi connectivity index (χ1n) is 7.09. The van der Waals surface area contributed by atoms with Crippen molar-refractivity contribution in [2.75, 3.05) is 19.0 Å². The molecule has 1 atom stereocenters. The highest BCUT2D eigenvalue weighted by molar-refractivity contribution is 5.94. The molecule has 0 aliphatic rings. The molecule has 0 spiro atoms. The fourth-order valence-corrected chi connectivity index (χ4v) is 2.12. The number of anilines is 1. The Morgan fingerprint density at radius 3 is 2.18 bits per heavy atom.